The van der Waals surface area contributed by atoms with Gasteiger partial charge in [0.1, 0.15) is 17.4 Å². The molecule has 144 valence electrons. The second-order valence-electron chi connectivity index (χ2n) is 6.73. The molecule has 7 nitrogen and oxygen atoms in total. The van der Waals surface area contributed by atoms with Crippen molar-refractivity contribution in [3.05, 3.63) is 62.6 Å². The highest BCUT2D eigenvalue weighted by atomic mass is 79.9. The fourth-order valence-corrected chi connectivity index (χ4v) is 4.55. The lowest BCUT2D eigenvalue weighted by Gasteiger charge is -2.17. The predicted octanol–water partition coefficient (Wildman–Crippen LogP) is 4.68. The third-order valence-electron chi connectivity index (χ3n) is 4.57. The molecule has 0 amide bonds. The molecule has 28 heavy (non-hydrogen) atoms. The zero-order valence-electron chi connectivity index (χ0n) is 15.1. The van der Waals surface area contributed by atoms with Gasteiger partial charge in [-0.2, -0.15) is 5.23 Å². The number of halogens is 2. The van der Waals surface area contributed by atoms with Crippen LogP contribution in [0.1, 0.15) is 25.3 Å². The summed E-state index contributed by atoms with van der Waals surface area (Å²) in [6.07, 6.45) is 3.26. The second kappa shape index (κ2) is 7.41. The normalized spacial score (nSPS) is 12.8. The second-order valence-corrected chi connectivity index (χ2v) is 8.44. The molecule has 4 rings (SSSR count). The molecule has 0 bridgehead atoms. The molecule has 4 aromatic rings. The number of quaternary nitrogens is 1. The molecule has 1 atom stereocenters. The first-order valence-electron chi connectivity index (χ1n) is 8.61. The van der Waals surface area contributed by atoms with Crippen LogP contribution in [0.2, 0.25) is 0 Å². The Labute approximate surface area is 177 Å². The topological polar surface area (TPSA) is 90.0 Å². The molecule has 0 aliphatic carbocycles. The Hall–Kier alpha value is -2.04. The fourth-order valence-electron chi connectivity index (χ4n) is 3.13. The van der Waals surface area contributed by atoms with Gasteiger partial charge in [0.25, 0.3) is 0 Å². The van der Waals surface area contributed by atoms with Crippen molar-refractivity contribution in [2.75, 3.05) is 5.32 Å². The lowest BCUT2D eigenvalue weighted by molar-refractivity contribution is -0.990. The first kappa shape index (κ1) is 19.3. The molecular weight excluding hydrogens is 490 g/mol. The maximum absolute atomic E-state index is 11.6. The molecule has 0 spiro atoms. The number of anilines is 2. The number of hydrogen-bond acceptors (Lipinski definition) is 5. The molecule has 0 aliphatic heterocycles. The summed E-state index contributed by atoms with van der Waals surface area (Å²) in [5.74, 6) is 0.989. The van der Waals surface area contributed by atoms with E-state index in [1.807, 2.05) is 0 Å². The number of hydrogen-bond donors (Lipinski definition) is 3. The summed E-state index contributed by atoms with van der Waals surface area (Å²) < 4.78 is 3.56. The van der Waals surface area contributed by atoms with Crippen molar-refractivity contribution in [3.8, 4) is 0 Å². The van der Waals surface area contributed by atoms with Crippen LogP contribution in [0.15, 0.2) is 51.8 Å². The van der Waals surface area contributed by atoms with E-state index in [1.165, 1.54) is 5.56 Å². The zero-order valence-corrected chi connectivity index (χ0v) is 18.2. The van der Waals surface area contributed by atoms with Gasteiger partial charge in [0.15, 0.2) is 11.5 Å². The number of para-hydroxylation sites is 1. The molecule has 1 unspecified atom stereocenters. The van der Waals surface area contributed by atoms with E-state index >= 15 is 0 Å². The lowest BCUT2D eigenvalue weighted by Crippen LogP contribution is -2.99. The molecule has 2 aromatic carbocycles. The lowest BCUT2D eigenvalue weighted by atomic mass is 10.0. The Balaban J connectivity index is 1.90. The summed E-state index contributed by atoms with van der Waals surface area (Å²) in [5.41, 5.74) is 4.00. The largest absolute Gasteiger partial charge is 0.595 e. The van der Waals surface area contributed by atoms with E-state index in [9.17, 15) is 10.4 Å². The van der Waals surface area contributed by atoms with E-state index in [4.69, 9.17) is 0 Å². The van der Waals surface area contributed by atoms with Gasteiger partial charge in [-0.25, -0.2) is 15.2 Å². The van der Waals surface area contributed by atoms with E-state index in [0.717, 1.165) is 14.6 Å². The molecule has 0 aliphatic rings. The van der Waals surface area contributed by atoms with Crippen molar-refractivity contribution in [3.63, 3.8) is 0 Å². The van der Waals surface area contributed by atoms with Gasteiger partial charge in [0.2, 0.25) is 0 Å². The monoisotopic (exact) mass is 505 g/mol. The van der Waals surface area contributed by atoms with Gasteiger partial charge in [-0.1, -0.05) is 19.9 Å². The van der Waals surface area contributed by atoms with E-state index < -0.39 is 5.23 Å². The fraction of sp³-hybridized carbons (Fsp3) is 0.158. The highest BCUT2D eigenvalue weighted by Crippen LogP contribution is 2.37. The minimum atomic E-state index is -1.00. The first-order valence-corrected chi connectivity index (χ1v) is 10.2. The molecule has 2 heterocycles. The molecular formula is C19H17Br2N5O2. The molecule has 0 saturated heterocycles. The van der Waals surface area contributed by atoms with Crippen LogP contribution in [0.25, 0.3) is 16.6 Å². The number of nitrogens with zero attached hydrogens (tertiary/aromatic N) is 3. The van der Waals surface area contributed by atoms with Crippen molar-refractivity contribution in [1.82, 2.24) is 14.4 Å². The average molecular weight is 507 g/mol. The summed E-state index contributed by atoms with van der Waals surface area (Å²) in [6, 6.07) is 9.20. The Bertz CT molecular complexity index is 1170. The molecule has 0 saturated carbocycles. The summed E-state index contributed by atoms with van der Waals surface area (Å²) in [7, 11) is 0. The summed E-state index contributed by atoms with van der Waals surface area (Å²) in [6.45, 7) is 4.28. The summed E-state index contributed by atoms with van der Waals surface area (Å²) in [4.78, 5) is 8.88. The quantitative estimate of drug-likeness (QED) is 0.350. The predicted molar refractivity (Wildman–Crippen MR) is 115 cm³/mol. The van der Waals surface area contributed by atoms with Gasteiger partial charge >= 0.3 is 0 Å². The summed E-state index contributed by atoms with van der Waals surface area (Å²) >= 11 is 7.28. The third-order valence-corrected chi connectivity index (χ3v) is 5.82. The molecule has 0 radical (unpaired) electrons. The SMILES string of the molecule is CC(C)c1cc(Br)c(Nc2nc3cccc([NH+]([O-])O)c3n3cncc23)c(Br)c1. The number of imidazole rings is 1. The van der Waals surface area contributed by atoms with Crippen LogP contribution in [0.4, 0.5) is 17.2 Å². The smallest absolute Gasteiger partial charge is 0.190 e. The minimum absolute atomic E-state index is 0.184. The number of aromatic nitrogens is 3. The van der Waals surface area contributed by atoms with Crippen molar-refractivity contribution < 1.29 is 10.4 Å². The van der Waals surface area contributed by atoms with Crippen LogP contribution in [0.3, 0.4) is 0 Å². The maximum atomic E-state index is 11.6. The number of benzene rings is 2. The number of rotatable bonds is 4. The minimum Gasteiger partial charge on any atom is -0.595 e. The third kappa shape index (κ3) is 3.29. The van der Waals surface area contributed by atoms with Crippen LogP contribution in [-0.4, -0.2) is 19.6 Å². The maximum Gasteiger partial charge on any atom is 0.190 e. The van der Waals surface area contributed by atoms with Gasteiger partial charge in [0.05, 0.1) is 17.4 Å². The van der Waals surface area contributed by atoms with Crippen molar-refractivity contribution in [1.29, 1.82) is 0 Å². The van der Waals surface area contributed by atoms with Gasteiger partial charge in [-0.05, 0) is 61.5 Å². The molecule has 3 N–H and O–H groups in total. The van der Waals surface area contributed by atoms with Crippen LogP contribution in [-0.2, 0) is 0 Å². The Morgan fingerprint density at radius 1 is 1.21 bits per heavy atom. The average Bonchev–Trinajstić information content (AvgIpc) is 3.13. The van der Waals surface area contributed by atoms with Gasteiger partial charge in [-0.3, -0.25) is 4.40 Å². The highest BCUT2D eigenvalue weighted by molar-refractivity contribution is 9.11. The van der Waals surface area contributed by atoms with Crippen molar-refractivity contribution in [2.24, 2.45) is 0 Å². The van der Waals surface area contributed by atoms with Crippen molar-refractivity contribution in [2.45, 2.75) is 19.8 Å². The highest BCUT2D eigenvalue weighted by Gasteiger charge is 2.17. The Kier molecular flexibility index (Phi) is 5.11. The van der Waals surface area contributed by atoms with E-state index in [2.05, 4.69) is 73.1 Å². The Morgan fingerprint density at radius 3 is 2.57 bits per heavy atom. The molecule has 0 fully saturated rings. The molecule has 9 heteroatoms. The van der Waals surface area contributed by atoms with Crippen LogP contribution in [0.5, 0.6) is 0 Å². The van der Waals surface area contributed by atoms with Crippen LogP contribution >= 0.6 is 31.9 Å². The first-order chi connectivity index (χ1) is 13.4. The van der Waals surface area contributed by atoms with E-state index in [0.29, 0.717) is 28.3 Å². The van der Waals surface area contributed by atoms with Crippen molar-refractivity contribution >= 4 is 65.6 Å². The number of nitrogens with one attached hydrogen (secondary N) is 2. The van der Waals surface area contributed by atoms with Crippen LogP contribution < -0.4 is 10.5 Å². The Morgan fingerprint density at radius 2 is 1.93 bits per heavy atom. The molecule has 2 aromatic heterocycles. The van der Waals surface area contributed by atoms with E-state index in [-0.39, 0.29) is 5.69 Å². The zero-order chi connectivity index (χ0) is 20.0. The van der Waals surface area contributed by atoms with Gasteiger partial charge in [-0.15, -0.1) is 0 Å². The van der Waals surface area contributed by atoms with E-state index in [1.54, 1.807) is 35.1 Å². The van der Waals surface area contributed by atoms with Gasteiger partial charge in [0, 0.05) is 15.0 Å². The number of fused-ring (bicyclic) bond motifs is 3. The van der Waals surface area contributed by atoms with Gasteiger partial charge < -0.3 is 10.5 Å². The standard InChI is InChI=1S/C19H17Br2N5O2/c1-10(2)11-6-12(20)17(13(21)7-11)24-19-16-8-22-9-25(16)18-14(23-19)4-3-5-15(18)26(27)28/h3-10,26-27H,1-2H3,(H,23,24). The summed E-state index contributed by atoms with van der Waals surface area (Å²) in [5, 5.41) is 23.5. The van der Waals surface area contributed by atoms with Crippen LogP contribution in [0, 0.1) is 5.21 Å².